The molecule has 1 fully saturated rings. The first kappa shape index (κ1) is 12.1. The van der Waals surface area contributed by atoms with Crippen molar-refractivity contribution in [2.45, 2.75) is 32.7 Å². The van der Waals surface area contributed by atoms with E-state index in [4.69, 9.17) is 5.11 Å². The van der Waals surface area contributed by atoms with E-state index < -0.39 is 11.4 Å². The number of carboxylic acid groups (broad SMARTS) is 1. The Hall–Kier alpha value is -1.36. The Labute approximate surface area is 104 Å². The molecule has 1 heterocycles. The number of hydrogen-bond acceptors (Lipinski definition) is 3. The normalized spacial score (nSPS) is 16.5. The van der Waals surface area contributed by atoms with Crippen molar-refractivity contribution in [3.63, 3.8) is 0 Å². The zero-order chi connectivity index (χ0) is 12.5. The van der Waals surface area contributed by atoms with Crippen LogP contribution in [0.5, 0.6) is 0 Å². The number of carbonyl (C=O) groups excluding carboxylic acids is 1. The van der Waals surface area contributed by atoms with Crippen LogP contribution in [0.15, 0.2) is 11.4 Å². The summed E-state index contributed by atoms with van der Waals surface area (Å²) < 4.78 is 0. The molecule has 0 unspecified atom stereocenters. The highest BCUT2D eigenvalue weighted by Gasteiger charge is 2.56. The van der Waals surface area contributed by atoms with E-state index in [1.54, 1.807) is 11.3 Å². The Morgan fingerprint density at radius 1 is 1.53 bits per heavy atom. The molecule has 92 valence electrons. The fourth-order valence-corrected chi connectivity index (χ4v) is 2.75. The van der Waals surface area contributed by atoms with Gasteiger partial charge in [0.25, 0.3) is 0 Å². The predicted molar refractivity (Wildman–Crippen MR) is 64.8 cm³/mol. The number of aryl methyl sites for hydroxylation is 1. The van der Waals surface area contributed by atoms with Crippen LogP contribution in [0.3, 0.4) is 0 Å². The molecule has 0 bridgehead atoms. The van der Waals surface area contributed by atoms with Crippen LogP contribution in [0.2, 0.25) is 0 Å². The van der Waals surface area contributed by atoms with Crippen LogP contribution in [0.1, 0.15) is 30.2 Å². The van der Waals surface area contributed by atoms with Crippen molar-refractivity contribution < 1.29 is 14.7 Å². The standard InChI is InChI=1S/C12H15NO3S/c1-2-8-3-6-17-9(8)7-13-10(14)12(4-5-12)11(15)16/h3,6H,2,4-5,7H2,1H3,(H,13,14)(H,15,16). The van der Waals surface area contributed by atoms with Crippen molar-refractivity contribution in [3.8, 4) is 0 Å². The van der Waals surface area contributed by atoms with Crippen molar-refractivity contribution in [1.29, 1.82) is 0 Å². The molecule has 0 radical (unpaired) electrons. The summed E-state index contributed by atoms with van der Waals surface area (Å²) in [4.78, 5) is 23.8. The van der Waals surface area contributed by atoms with Crippen LogP contribution in [-0.4, -0.2) is 17.0 Å². The molecule has 1 aliphatic rings. The molecule has 0 aromatic carbocycles. The molecule has 0 saturated heterocycles. The van der Waals surface area contributed by atoms with Crippen LogP contribution in [0, 0.1) is 5.41 Å². The van der Waals surface area contributed by atoms with Gasteiger partial charge in [0, 0.05) is 4.88 Å². The van der Waals surface area contributed by atoms with Gasteiger partial charge in [-0.25, -0.2) is 0 Å². The van der Waals surface area contributed by atoms with Gasteiger partial charge in [0.05, 0.1) is 6.54 Å². The van der Waals surface area contributed by atoms with E-state index in [1.165, 1.54) is 5.56 Å². The lowest BCUT2D eigenvalue weighted by molar-refractivity contribution is -0.149. The second-order valence-electron chi connectivity index (χ2n) is 4.29. The van der Waals surface area contributed by atoms with Gasteiger partial charge in [-0.2, -0.15) is 0 Å². The molecule has 2 N–H and O–H groups in total. The minimum absolute atomic E-state index is 0.347. The molecular formula is C12H15NO3S. The number of carboxylic acids is 1. The first-order valence-electron chi connectivity index (χ1n) is 5.67. The summed E-state index contributed by atoms with van der Waals surface area (Å²) >= 11 is 1.59. The summed E-state index contributed by atoms with van der Waals surface area (Å²) in [6.45, 7) is 2.50. The van der Waals surface area contributed by atoms with Crippen molar-refractivity contribution >= 4 is 23.2 Å². The fraction of sp³-hybridized carbons (Fsp3) is 0.500. The van der Waals surface area contributed by atoms with E-state index in [9.17, 15) is 9.59 Å². The third-order valence-electron chi connectivity index (χ3n) is 3.22. The third kappa shape index (κ3) is 2.20. The molecule has 4 nitrogen and oxygen atoms in total. The minimum Gasteiger partial charge on any atom is -0.480 e. The predicted octanol–water partition coefficient (Wildman–Crippen LogP) is 1.79. The number of aliphatic carboxylic acids is 1. The van der Waals surface area contributed by atoms with E-state index in [2.05, 4.69) is 12.2 Å². The van der Waals surface area contributed by atoms with Crippen LogP contribution >= 0.6 is 11.3 Å². The van der Waals surface area contributed by atoms with E-state index >= 15 is 0 Å². The summed E-state index contributed by atoms with van der Waals surface area (Å²) in [7, 11) is 0. The molecule has 0 atom stereocenters. The van der Waals surface area contributed by atoms with Crippen molar-refractivity contribution in [1.82, 2.24) is 5.32 Å². The number of amides is 1. The van der Waals surface area contributed by atoms with Gasteiger partial charge in [-0.05, 0) is 36.3 Å². The first-order valence-corrected chi connectivity index (χ1v) is 6.55. The van der Waals surface area contributed by atoms with Gasteiger partial charge in [0.2, 0.25) is 5.91 Å². The molecule has 1 saturated carbocycles. The Balaban J connectivity index is 1.95. The van der Waals surface area contributed by atoms with Gasteiger partial charge in [0.15, 0.2) is 0 Å². The maximum atomic E-state index is 11.8. The molecule has 1 amide bonds. The lowest BCUT2D eigenvalue weighted by atomic mass is 10.1. The lowest BCUT2D eigenvalue weighted by Gasteiger charge is -2.10. The Kier molecular flexibility index (Phi) is 3.19. The number of carbonyl (C=O) groups is 2. The fourth-order valence-electron chi connectivity index (χ4n) is 1.83. The highest BCUT2D eigenvalue weighted by Crippen LogP contribution is 2.46. The quantitative estimate of drug-likeness (QED) is 0.786. The monoisotopic (exact) mass is 253 g/mol. The number of nitrogens with one attached hydrogen (secondary N) is 1. The van der Waals surface area contributed by atoms with E-state index in [0.717, 1.165) is 11.3 Å². The Morgan fingerprint density at radius 3 is 2.76 bits per heavy atom. The molecule has 0 aliphatic heterocycles. The van der Waals surface area contributed by atoms with Crippen LogP contribution < -0.4 is 5.32 Å². The summed E-state index contributed by atoms with van der Waals surface area (Å²) in [5.74, 6) is -1.35. The van der Waals surface area contributed by atoms with Crippen LogP contribution in [0.4, 0.5) is 0 Å². The molecule has 5 heteroatoms. The van der Waals surface area contributed by atoms with Crippen molar-refractivity contribution in [2.75, 3.05) is 0 Å². The lowest BCUT2D eigenvalue weighted by Crippen LogP contribution is -2.36. The summed E-state index contributed by atoms with van der Waals surface area (Å²) in [6, 6.07) is 2.04. The van der Waals surface area contributed by atoms with E-state index in [0.29, 0.717) is 19.4 Å². The van der Waals surface area contributed by atoms with Gasteiger partial charge in [-0.15, -0.1) is 11.3 Å². The van der Waals surface area contributed by atoms with Crippen LogP contribution in [-0.2, 0) is 22.6 Å². The topological polar surface area (TPSA) is 66.4 Å². The molecular weight excluding hydrogens is 238 g/mol. The summed E-state index contributed by atoms with van der Waals surface area (Å²) in [6.07, 6.45) is 1.84. The maximum Gasteiger partial charge on any atom is 0.319 e. The SMILES string of the molecule is CCc1ccsc1CNC(=O)C1(C(=O)O)CC1. The van der Waals surface area contributed by atoms with Gasteiger partial charge in [0.1, 0.15) is 5.41 Å². The number of rotatable bonds is 5. The van der Waals surface area contributed by atoms with Crippen molar-refractivity contribution in [3.05, 3.63) is 21.9 Å². The molecule has 1 aromatic rings. The zero-order valence-electron chi connectivity index (χ0n) is 9.66. The molecule has 2 rings (SSSR count). The second-order valence-corrected chi connectivity index (χ2v) is 5.29. The van der Waals surface area contributed by atoms with Crippen LogP contribution in [0.25, 0.3) is 0 Å². The second kappa shape index (κ2) is 4.49. The zero-order valence-corrected chi connectivity index (χ0v) is 10.5. The van der Waals surface area contributed by atoms with E-state index in [-0.39, 0.29) is 5.91 Å². The highest BCUT2D eigenvalue weighted by atomic mass is 32.1. The minimum atomic E-state index is -1.14. The molecule has 1 aliphatic carbocycles. The molecule has 1 aromatic heterocycles. The molecule has 0 spiro atoms. The summed E-state index contributed by atoms with van der Waals surface area (Å²) in [5.41, 5.74) is 0.0827. The Morgan fingerprint density at radius 2 is 2.24 bits per heavy atom. The first-order chi connectivity index (χ1) is 8.10. The van der Waals surface area contributed by atoms with Gasteiger partial charge >= 0.3 is 5.97 Å². The number of thiophene rings is 1. The van der Waals surface area contributed by atoms with E-state index in [1.807, 2.05) is 11.4 Å². The smallest absolute Gasteiger partial charge is 0.319 e. The third-order valence-corrected chi connectivity index (χ3v) is 4.19. The maximum absolute atomic E-state index is 11.8. The van der Waals surface area contributed by atoms with Gasteiger partial charge < -0.3 is 10.4 Å². The van der Waals surface area contributed by atoms with Crippen molar-refractivity contribution in [2.24, 2.45) is 5.41 Å². The largest absolute Gasteiger partial charge is 0.480 e. The van der Waals surface area contributed by atoms with Gasteiger partial charge in [-0.1, -0.05) is 6.92 Å². The average Bonchev–Trinajstić information content (AvgIpc) is 3.00. The summed E-state index contributed by atoms with van der Waals surface area (Å²) in [5, 5.41) is 13.7. The number of hydrogen-bond donors (Lipinski definition) is 2. The average molecular weight is 253 g/mol. The highest BCUT2D eigenvalue weighted by molar-refractivity contribution is 7.10. The Bertz CT molecular complexity index is 448. The molecule has 17 heavy (non-hydrogen) atoms. The van der Waals surface area contributed by atoms with Gasteiger partial charge in [-0.3, -0.25) is 9.59 Å².